The van der Waals surface area contributed by atoms with Crippen molar-refractivity contribution in [2.24, 2.45) is 28.3 Å². The largest absolute Gasteiger partial charge is 0.481 e. The molecule has 1 aromatic heterocycles. The summed E-state index contributed by atoms with van der Waals surface area (Å²) in [4.78, 5) is 33.5. The number of benzene rings is 1. The molecule has 3 saturated carbocycles. The second kappa shape index (κ2) is 12.1. The highest BCUT2D eigenvalue weighted by Gasteiger charge is 2.68. The zero-order valence-corrected chi connectivity index (χ0v) is 28.6. The Hall–Kier alpha value is -3.18. The summed E-state index contributed by atoms with van der Waals surface area (Å²) in [5, 5.41) is 15.1. The molecule has 10 nitrogen and oxygen atoms in total. The maximum absolute atomic E-state index is 14.4. The summed E-state index contributed by atoms with van der Waals surface area (Å²) in [7, 11) is -0.540. The summed E-state index contributed by atoms with van der Waals surface area (Å²) in [5.74, 6) is 0.539. The summed E-state index contributed by atoms with van der Waals surface area (Å²) in [6, 6.07) is 9.98. The number of amides is 2. The second-order valence-corrected chi connectivity index (χ2v) is 15.5. The Labute approximate surface area is 273 Å². The first-order valence-electron chi connectivity index (χ1n) is 17.0. The molecular weight excluding hydrogens is 581 g/mol. The van der Waals surface area contributed by atoms with Crippen LogP contribution < -0.4 is 10.6 Å². The van der Waals surface area contributed by atoms with Crippen LogP contribution in [0.25, 0.3) is 0 Å². The lowest BCUT2D eigenvalue weighted by molar-refractivity contribution is -0.199. The van der Waals surface area contributed by atoms with Crippen LogP contribution in [0.3, 0.4) is 0 Å². The van der Waals surface area contributed by atoms with Gasteiger partial charge in [-0.2, -0.15) is 5.10 Å². The van der Waals surface area contributed by atoms with Crippen molar-refractivity contribution in [1.29, 1.82) is 0 Å². The predicted octanol–water partition coefficient (Wildman–Crippen LogP) is 5.06. The molecule has 7 rings (SSSR count). The summed E-state index contributed by atoms with van der Waals surface area (Å²) in [5.41, 5.74) is 1.34. The van der Waals surface area contributed by atoms with Crippen molar-refractivity contribution in [3.05, 3.63) is 53.3 Å². The van der Waals surface area contributed by atoms with Gasteiger partial charge < -0.3 is 24.8 Å². The minimum absolute atomic E-state index is 0.0247. The van der Waals surface area contributed by atoms with E-state index in [1.807, 2.05) is 51.1 Å². The summed E-state index contributed by atoms with van der Waals surface area (Å²) in [6.07, 6.45) is 5.22. The van der Waals surface area contributed by atoms with Gasteiger partial charge in [0.1, 0.15) is 0 Å². The summed E-state index contributed by atoms with van der Waals surface area (Å²) in [6.45, 7) is 17.2. The molecule has 3 aliphatic carbocycles. The van der Waals surface area contributed by atoms with E-state index >= 15 is 0 Å². The molecule has 2 aromatic rings. The Bertz CT molecular complexity index is 1490. The minimum atomic E-state index is -1.27. The van der Waals surface area contributed by atoms with E-state index in [9.17, 15) is 9.59 Å². The van der Waals surface area contributed by atoms with Crippen LogP contribution in [0.4, 0.5) is 0 Å². The highest BCUT2D eigenvalue weighted by Crippen LogP contribution is 2.65. The Morgan fingerprint density at radius 3 is 2.50 bits per heavy atom. The van der Waals surface area contributed by atoms with E-state index in [-0.39, 0.29) is 53.9 Å². The smallest absolute Gasteiger partial charge is 0.404 e. The fraction of sp³-hybridized carbons (Fsp3) is 0.657. The summed E-state index contributed by atoms with van der Waals surface area (Å²) < 4.78 is 15.2. The molecule has 6 atom stereocenters. The quantitative estimate of drug-likeness (QED) is 0.335. The topological polar surface area (TPSA) is 116 Å². The molecule has 5 aliphatic rings. The van der Waals surface area contributed by atoms with E-state index in [4.69, 9.17) is 14.1 Å². The van der Waals surface area contributed by atoms with E-state index in [0.29, 0.717) is 47.6 Å². The highest BCUT2D eigenvalue weighted by molar-refractivity contribution is 6.48. The molecule has 1 unspecified atom stereocenters. The van der Waals surface area contributed by atoms with Gasteiger partial charge in [-0.15, -0.1) is 0 Å². The fourth-order valence-corrected chi connectivity index (χ4v) is 8.23. The van der Waals surface area contributed by atoms with E-state index in [1.165, 1.54) is 6.42 Å². The molecule has 2 N–H and O–H groups in total. The number of aromatic nitrogens is 2. The van der Waals surface area contributed by atoms with Gasteiger partial charge in [0.15, 0.2) is 0 Å². The molecule has 3 heterocycles. The van der Waals surface area contributed by atoms with E-state index < -0.39 is 12.7 Å². The Balaban J connectivity index is 1.17. The first kappa shape index (κ1) is 32.8. The van der Waals surface area contributed by atoms with Crippen LogP contribution in [0.1, 0.15) is 102 Å². The average molecular weight is 632 g/mol. The summed E-state index contributed by atoms with van der Waals surface area (Å²) >= 11 is 0. The Morgan fingerprint density at radius 1 is 1.11 bits per heavy atom. The molecule has 2 amide bonds. The van der Waals surface area contributed by atoms with Gasteiger partial charge in [-0.1, -0.05) is 63.2 Å². The number of carbonyl (C=O) groups excluding carboxylic acids is 2. The average Bonchev–Trinajstić information content (AvgIpc) is 3.70. The minimum Gasteiger partial charge on any atom is -0.404 e. The zero-order chi connectivity index (χ0) is 33.0. The molecular formula is C35H50BN5O5. The lowest BCUT2D eigenvalue weighted by atomic mass is 9.43. The molecule has 1 aromatic carbocycles. The number of aryl methyl sites for hydroxylation is 1. The van der Waals surface area contributed by atoms with Crippen LogP contribution in [0.5, 0.6) is 0 Å². The molecule has 1 saturated heterocycles. The van der Waals surface area contributed by atoms with Gasteiger partial charge in [0, 0.05) is 25.1 Å². The number of nitrogens with one attached hydrogen (secondary N) is 2. The second-order valence-electron chi connectivity index (χ2n) is 15.5. The molecule has 46 heavy (non-hydrogen) atoms. The zero-order valence-electron chi connectivity index (χ0n) is 28.6. The number of rotatable bonds is 11. The van der Waals surface area contributed by atoms with E-state index in [0.717, 1.165) is 12.0 Å². The standard InChI is InChI=1S/C35H50BN5O5/c1-21(2)14-30(36-44-29-16-25-15-28(33(25,6)7)34(29,8)45-36)38-32(43)35(17-24-12-10-9-11-13-24)18-26(40-46-35)19-37-31(42)27-20-41(22(3)4)39-23(27)5/h9-13,20-22,25,28-30H,14-19H2,1-8H3,(H,37,42)(H,38,43)/t25-,28-,29+,30-,34-,35?/m0/s1. The van der Waals surface area contributed by atoms with Crippen molar-refractivity contribution >= 4 is 24.6 Å². The van der Waals surface area contributed by atoms with Crippen LogP contribution in [0.2, 0.25) is 0 Å². The normalized spacial score (nSPS) is 30.0. The third-order valence-corrected chi connectivity index (χ3v) is 11.1. The van der Waals surface area contributed by atoms with E-state index in [1.54, 1.807) is 10.9 Å². The van der Waals surface area contributed by atoms with Crippen molar-refractivity contribution in [3.8, 4) is 0 Å². The molecule has 0 spiro atoms. The number of hydrogen-bond acceptors (Lipinski definition) is 7. The van der Waals surface area contributed by atoms with Gasteiger partial charge >= 0.3 is 7.12 Å². The van der Waals surface area contributed by atoms with Gasteiger partial charge in [0.05, 0.1) is 41.2 Å². The maximum Gasteiger partial charge on any atom is 0.481 e. The van der Waals surface area contributed by atoms with Gasteiger partial charge in [-0.3, -0.25) is 14.3 Å². The maximum atomic E-state index is 14.4. The van der Waals surface area contributed by atoms with Crippen molar-refractivity contribution < 1.29 is 23.7 Å². The van der Waals surface area contributed by atoms with E-state index in [2.05, 4.69) is 55.5 Å². The highest BCUT2D eigenvalue weighted by atomic mass is 16.7. The van der Waals surface area contributed by atoms with Crippen molar-refractivity contribution in [2.75, 3.05) is 6.54 Å². The van der Waals surface area contributed by atoms with Gasteiger partial charge in [0.2, 0.25) is 5.60 Å². The fourth-order valence-electron chi connectivity index (χ4n) is 8.23. The van der Waals surface area contributed by atoms with Crippen molar-refractivity contribution in [1.82, 2.24) is 20.4 Å². The van der Waals surface area contributed by atoms with Crippen LogP contribution >= 0.6 is 0 Å². The first-order chi connectivity index (χ1) is 21.7. The molecule has 11 heteroatoms. The van der Waals surface area contributed by atoms with Crippen LogP contribution in [-0.4, -0.2) is 64.2 Å². The van der Waals surface area contributed by atoms with Crippen molar-refractivity contribution in [2.45, 2.75) is 117 Å². The van der Waals surface area contributed by atoms with Crippen LogP contribution in [-0.2, 0) is 25.4 Å². The van der Waals surface area contributed by atoms with Gasteiger partial charge in [0.25, 0.3) is 11.8 Å². The van der Waals surface area contributed by atoms with Crippen LogP contribution in [0.15, 0.2) is 41.7 Å². The number of carbonyl (C=O) groups is 2. The van der Waals surface area contributed by atoms with Gasteiger partial charge in [-0.25, -0.2) is 0 Å². The molecule has 248 valence electrons. The lowest BCUT2D eigenvalue weighted by Crippen LogP contribution is -2.65. The molecule has 2 aliphatic heterocycles. The number of nitrogens with zero attached hydrogens (tertiary/aromatic N) is 3. The van der Waals surface area contributed by atoms with Gasteiger partial charge in [-0.05, 0) is 75.7 Å². The SMILES string of the molecule is Cc1nn(C(C)C)cc1C(=O)NCC1=NOC(Cc2ccccc2)(C(=O)N[C@@H](CC(C)C)B2O[C@@H]3C[C@@H]4C[C@@H](C4(C)C)[C@]3(C)O2)C1. The molecule has 0 radical (unpaired) electrons. The lowest BCUT2D eigenvalue weighted by Gasteiger charge is -2.64. The Morgan fingerprint density at radius 2 is 1.85 bits per heavy atom. The third-order valence-electron chi connectivity index (χ3n) is 11.1. The number of oxime groups is 1. The van der Waals surface area contributed by atoms with Crippen LogP contribution in [0, 0.1) is 30.1 Å². The first-order valence-corrected chi connectivity index (χ1v) is 17.0. The monoisotopic (exact) mass is 631 g/mol. The van der Waals surface area contributed by atoms with Crippen molar-refractivity contribution in [3.63, 3.8) is 0 Å². The molecule has 2 bridgehead atoms. The third kappa shape index (κ3) is 5.89. The molecule has 4 fully saturated rings. The Kier molecular flexibility index (Phi) is 8.63. The number of hydrogen-bond donors (Lipinski definition) is 2. The predicted molar refractivity (Wildman–Crippen MR) is 177 cm³/mol.